The number of hydrogen-bond donors (Lipinski definition) is 0. The van der Waals surface area contributed by atoms with Crippen molar-refractivity contribution < 1.29 is 0 Å². The van der Waals surface area contributed by atoms with Crippen LogP contribution in [0.2, 0.25) is 0 Å². The van der Waals surface area contributed by atoms with E-state index in [9.17, 15) is 0 Å². The molecular formula is C13H21N. The van der Waals surface area contributed by atoms with Crippen molar-refractivity contribution in [2.24, 2.45) is 5.92 Å². The number of piperidine rings is 1. The van der Waals surface area contributed by atoms with Crippen LogP contribution in [-0.2, 0) is 0 Å². The summed E-state index contributed by atoms with van der Waals surface area (Å²) in [5.74, 6) is 7.12. The van der Waals surface area contributed by atoms with E-state index in [-0.39, 0.29) is 0 Å². The fourth-order valence-electron chi connectivity index (χ4n) is 2.45. The number of nitrogens with zero attached hydrogens (tertiary/aromatic N) is 1. The lowest BCUT2D eigenvalue weighted by molar-refractivity contribution is 0.148. The highest BCUT2D eigenvalue weighted by molar-refractivity contribution is 5.11. The molecular weight excluding hydrogens is 170 g/mol. The van der Waals surface area contributed by atoms with E-state index in [1.165, 1.54) is 38.6 Å². The summed E-state index contributed by atoms with van der Waals surface area (Å²) >= 11 is 0. The molecule has 1 spiro atoms. The lowest BCUT2D eigenvalue weighted by atomic mass is 10.00. The van der Waals surface area contributed by atoms with E-state index in [0.29, 0.717) is 11.5 Å². The van der Waals surface area contributed by atoms with Crippen molar-refractivity contribution in [3.05, 3.63) is 0 Å². The molecule has 1 heteroatoms. The Kier molecular flexibility index (Phi) is 2.83. The van der Waals surface area contributed by atoms with Crippen molar-refractivity contribution in [2.45, 2.75) is 51.5 Å². The maximum atomic E-state index is 3.33. The van der Waals surface area contributed by atoms with Gasteiger partial charge in [0.15, 0.2) is 0 Å². The third-order valence-electron chi connectivity index (χ3n) is 3.48. The van der Waals surface area contributed by atoms with Crippen LogP contribution in [0.3, 0.4) is 0 Å². The van der Waals surface area contributed by atoms with Crippen LogP contribution in [0.1, 0.15) is 46.0 Å². The first-order chi connectivity index (χ1) is 6.73. The van der Waals surface area contributed by atoms with Gasteiger partial charge in [0, 0.05) is 11.5 Å². The molecule has 78 valence electrons. The summed E-state index contributed by atoms with van der Waals surface area (Å²) in [6, 6.07) is 0. The lowest BCUT2D eigenvalue weighted by Crippen LogP contribution is -2.41. The van der Waals surface area contributed by atoms with Crippen LogP contribution >= 0.6 is 0 Å². The molecule has 0 aromatic carbocycles. The monoisotopic (exact) mass is 191 g/mol. The zero-order chi connectivity index (χ0) is 10.0. The lowest BCUT2D eigenvalue weighted by Gasteiger charge is -2.34. The molecule has 2 aliphatic rings. The van der Waals surface area contributed by atoms with Gasteiger partial charge in [0.2, 0.25) is 0 Å². The van der Waals surface area contributed by atoms with Crippen molar-refractivity contribution in [1.82, 2.24) is 4.90 Å². The molecule has 1 saturated carbocycles. The summed E-state index contributed by atoms with van der Waals surface area (Å²) in [5.41, 5.74) is 0.615. The van der Waals surface area contributed by atoms with Crippen LogP contribution in [0.5, 0.6) is 0 Å². The summed E-state index contributed by atoms with van der Waals surface area (Å²) in [7, 11) is 0. The standard InChI is InChI=1S/C13H21N/c1-12(2)6-5-11-14-10-4-3-7-13(14)8-9-13/h12H,3-4,7-11H2,1-2H3. The van der Waals surface area contributed by atoms with E-state index in [0.717, 1.165) is 6.54 Å². The SMILES string of the molecule is CC(C)C#CCN1CCCCC12CC2. The van der Waals surface area contributed by atoms with Crippen LogP contribution in [0.25, 0.3) is 0 Å². The molecule has 0 aromatic heterocycles. The smallest absolute Gasteiger partial charge is 0.0606 e. The molecule has 0 radical (unpaired) electrons. The molecule has 0 atom stereocenters. The Morgan fingerprint density at radius 3 is 2.64 bits per heavy atom. The molecule has 1 aliphatic carbocycles. The van der Waals surface area contributed by atoms with E-state index in [1.54, 1.807) is 0 Å². The minimum Gasteiger partial charge on any atom is -0.287 e. The van der Waals surface area contributed by atoms with Crippen molar-refractivity contribution in [3.63, 3.8) is 0 Å². The van der Waals surface area contributed by atoms with E-state index in [1.807, 2.05) is 0 Å². The van der Waals surface area contributed by atoms with Crippen molar-refractivity contribution in [3.8, 4) is 11.8 Å². The molecule has 0 unspecified atom stereocenters. The Balaban J connectivity index is 1.88. The van der Waals surface area contributed by atoms with Gasteiger partial charge in [-0.1, -0.05) is 32.1 Å². The molecule has 2 fully saturated rings. The van der Waals surface area contributed by atoms with Gasteiger partial charge in [0.25, 0.3) is 0 Å². The number of hydrogen-bond acceptors (Lipinski definition) is 1. The number of likely N-dealkylation sites (tertiary alicyclic amines) is 1. The highest BCUT2D eigenvalue weighted by Crippen LogP contribution is 2.47. The van der Waals surface area contributed by atoms with Crippen LogP contribution in [0.4, 0.5) is 0 Å². The Hall–Kier alpha value is -0.480. The van der Waals surface area contributed by atoms with Gasteiger partial charge in [-0.25, -0.2) is 0 Å². The minimum atomic E-state index is 0.523. The van der Waals surface area contributed by atoms with Gasteiger partial charge >= 0.3 is 0 Å². The largest absolute Gasteiger partial charge is 0.287 e. The van der Waals surface area contributed by atoms with Gasteiger partial charge in [-0.05, 0) is 32.2 Å². The zero-order valence-corrected chi connectivity index (χ0v) is 9.47. The van der Waals surface area contributed by atoms with Crippen molar-refractivity contribution in [1.29, 1.82) is 0 Å². The summed E-state index contributed by atoms with van der Waals surface area (Å²) in [6.45, 7) is 6.62. The molecule has 1 aliphatic heterocycles. The maximum absolute atomic E-state index is 3.33. The molecule has 0 amide bonds. The summed E-state index contributed by atoms with van der Waals surface area (Å²) in [6.07, 6.45) is 7.10. The van der Waals surface area contributed by atoms with Crippen LogP contribution in [-0.4, -0.2) is 23.5 Å². The van der Waals surface area contributed by atoms with E-state index >= 15 is 0 Å². The Bertz CT molecular complexity index is 252. The molecule has 1 heterocycles. The fraction of sp³-hybridized carbons (Fsp3) is 0.846. The highest BCUT2D eigenvalue weighted by atomic mass is 15.2. The second-order valence-electron chi connectivity index (χ2n) is 5.08. The first-order valence-electron chi connectivity index (χ1n) is 5.96. The van der Waals surface area contributed by atoms with Crippen LogP contribution in [0, 0.1) is 17.8 Å². The summed E-state index contributed by atoms with van der Waals surface area (Å²) in [5, 5.41) is 0. The Morgan fingerprint density at radius 2 is 2.00 bits per heavy atom. The fourth-order valence-corrected chi connectivity index (χ4v) is 2.45. The quantitative estimate of drug-likeness (QED) is 0.576. The van der Waals surface area contributed by atoms with Crippen LogP contribution in [0.15, 0.2) is 0 Å². The molecule has 2 rings (SSSR count). The number of rotatable bonds is 1. The molecule has 1 nitrogen and oxygen atoms in total. The Labute approximate surface area is 87.9 Å². The molecule has 0 N–H and O–H groups in total. The van der Waals surface area contributed by atoms with E-state index in [2.05, 4.69) is 30.6 Å². The van der Waals surface area contributed by atoms with Gasteiger partial charge in [-0.15, -0.1) is 0 Å². The van der Waals surface area contributed by atoms with E-state index < -0.39 is 0 Å². The highest BCUT2D eigenvalue weighted by Gasteiger charge is 2.48. The summed E-state index contributed by atoms with van der Waals surface area (Å²) in [4.78, 5) is 2.63. The van der Waals surface area contributed by atoms with Crippen molar-refractivity contribution in [2.75, 3.05) is 13.1 Å². The zero-order valence-electron chi connectivity index (χ0n) is 9.47. The topological polar surface area (TPSA) is 3.24 Å². The van der Waals surface area contributed by atoms with Gasteiger partial charge in [0.05, 0.1) is 6.54 Å². The molecule has 14 heavy (non-hydrogen) atoms. The van der Waals surface area contributed by atoms with E-state index in [4.69, 9.17) is 0 Å². The van der Waals surface area contributed by atoms with Gasteiger partial charge in [0.1, 0.15) is 0 Å². The minimum absolute atomic E-state index is 0.523. The molecule has 1 saturated heterocycles. The normalized spacial score (nSPS) is 24.8. The average Bonchev–Trinajstić information content (AvgIpc) is 2.89. The Morgan fingerprint density at radius 1 is 1.21 bits per heavy atom. The van der Waals surface area contributed by atoms with Crippen LogP contribution < -0.4 is 0 Å². The second-order valence-corrected chi connectivity index (χ2v) is 5.08. The molecule has 0 aromatic rings. The first-order valence-corrected chi connectivity index (χ1v) is 5.96. The second kappa shape index (κ2) is 3.95. The predicted octanol–water partition coefficient (Wildman–Crippen LogP) is 2.66. The molecule has 0 bridgehead atoms. The summed E-state index contributed by atoms with van der Waals surface area (Å²) < 4.78 is 0. The van der Waals surface area contributed by atoms with Gasteiger partial charge < -0.3 is 0 Å². The third kappa shape index (κ3) is 2.12. The third-order valence-corrected chi connectivity index (χ3v) is 3.48. The van der Waals surface area contributed by atoms with Gasteiger partial charge in [-0.3, -0.25) is 4.90 Å². The average molecular weight is 191 g/mol. The predicted molar refractivity (Wildman–Crippen MR) is 60.0 cm³/mol. The maximum Gasteiger partial charge on any atom is 0.0606 e. The van der Waals surface area contributed by atoms with Gasteiger partial charge in [-0.2, -0.15) is 0 Å². The van der Waals surface area contributed by atoms with Crippen molar-refractivity contribution >= 4 is 0 Å². The first kappa shape index (κ1) is 10.1.